The molecule has 2 heterocycles. The third kappa shape index (κ3) is 3.43. The Labute approximate surface area is 141 Å². The van der Waals surface area contributed by atoms with Gasteiger partial charge in [-0.25, -0.2) is 0 Å². The molecule has 1 aliphatic rings. The first-order chi connectivity index (χ1) is 11.6. The molecule has 1 aliphatic heterocycles. The third-order valence-corrected chi connectivity index (χ3v) is 4.57. The molecule has 0 spiro atoms. The van der Waals surface area contributed by atoms with Crippen LogP contribution in [0, 0.1) is 6.92 Å². The van der Waals surface area contributed by atoms with Crippen molar-refractivity contribution in [1.29, 1.82) is 0 Å². The smallest absolute Gasteiger partial charge is 0.257 e. The molecule has 6 heteroatoms. The summed E-state index contributed by atoms with van der Waals surface area (Å²) in [6, 6.07) is 9.67. The van der Waals surface area contributed by atoms with Crippen molar-refractivity contribution in [1.82, 2.24) is 15.1 Å². The summed E-state index contributed by atoms with van der Waals surface area (Å²) in [7, 11) is 1.69. The fourth-order valence-corrected chi connectivity index (χ4v) is 3.08. The maximum atomic E-state index is 12.7. The Morgan fingerprint density at radius 1 is 1.38 bits per heavy atom. The largest absolute Gasteiger partial charge is 0.491 e. The summed E-state index contributed by atoms with van der Waals surface area (Å²) in [6.07, 6.45) is 3.33. The maximum Gasteiger partial charge on any atom is 0.257 e. The number of ether oxygens (including phenoxy) is 2. The number of nitrogens with one attached hydrogen (secondary N) is 1. The summed E-state index contributed by atoms with van der Waals surface area (Å²) >= 11 is 0. The Morgan fingerprint density at radius 2 is 2.17 bits per heavy atom. The number of hydrogen-bond acceptors (Lipinski definition) is 4. The van der Waals surface area contributed by atoms with Crippen molar-refractivity contribution < 1.29 is 14.3 Å². The molecule has 0 unspecified atom stereocenters. The summed E-state index contributed by atoms with van der Waals surface area (Å²) in [5.74, 6) is 0.796. The highest BCUT2D eigenvalue weighted by Gasteiger charge is 2.38. The number of likely N-dealkylation sites (tertiary alicyclic amines) is 1. The molecule has 3 rings (SSSR count). The van der Waals surface area contributed by atoms with Crippen LogP contribution in [-0.2, 0) is 4.74 Å². The topological polar surface area (TPSA) is 67.5 Å². The van der Waals surface area contributed by atoms with Crippen LogP contribution in [0.25, 0.3) is 0 Å². The number of piperidine rings is 1. The van der Waals surface area contributed by atoms with Crippen LogP contribution in [0.15, 0.2) is 36.5 Å². The fourth-order valence-electron chi connectivity index (χ4n) is 3.08. The average Bonchev–Trinajstić information content (AvgIpc) is 3.06. The highest BCUT2D eigenvalue weighted by Crippen LogP contribution is 2.27. The molecule has 0 radical (unpaired) electrons. The highest BCUT2D eigenvalue weighted by atomic mass is 16.5. The molecule has 6 nitrogen and oxygen atoms in total. The molecule has 1 N–H and O–H groups in total. The predicted molar refractivity (Wildman–Crippen MR) is 90.1 cm³/mol. The van der Waals surface area contributed by atoms with Crippen LogP contribution < -0.4 is 4.74 Å². The van der Waals surface area contributed by atoms with Gasteiger partial charge < -0.3 is 14.4 Å². The van der Waals surface area contributed by atoms with Crippen molar-refractivity contribution in [3.8, 4) is 5.75 Å². The molecule has 0 bridgehead atoms. The van der Waals surface area contributed by atoms with E-state index in [1.165, 1.54) is 0 Å². The third-order valence-electron chi connectivity index (χ3n) is 4.57. The average molecular weight is 329 g/mol. The van der Waals surface area contributed by atoms with Gasteiger partial charge in [0, 0.05) is 19.3 Å². The zero-order chi connectivity index (χ0) is 17.0. The van der Waals surface area contributed by atoms with Crippen molar-refractivity contribution in [2.24, 2.45) is 0 Å². The van der Waals surface area contributed by atoms with E-state index in [0.29, 0.717) is 18.7 Å². The predicted octanol–water partition coefficient (Wildman–Crippen LogP) is 2.42. The number of para-hydroxylation sites is 1. The van der Waals surface area contributed by atoms with Gasteiger partial charge in [-0.15, -0.1) is 0 Å². The highest BCUT2D eigenvalue weighted by molar-refractivity contribution is 5.95. The van der Waals surface area contributed by atoms with Crippen LogP contribution in [0.3, 0.4) is 0 Å². The molecule has 128 valence electrons. The zero-order valence-electron chi connectivity index (χ0n) is 14.1. The van der Waals surface area contributed by atoms with Gasteiger partial charge in [-0.2, -0.15) is 5.10 Å². The SMILES string of the molecule is CO[C@]1(COc2ccccc2)CCCN(C(=O)c2cn[nH]c2C)C1. The van der Waals surface area contributed by atoms with Crippen LogP contribution in [0.2, 0.25) is 0 Å². The van der Waals surface area contributed by atoms with E-state index < -0.39 is 5.60 Å². The second-order valence-electron chi connectivity index (χ2n) is 6.23. The van der Waals surface area contributed by atoms with E-state index in [1.807, 2.05) is 42.2 Å². The number of nitrogens with zero attached hydrogens (tertiary/aromatic N) is 2. The van der Waals surface area contributed by atoms with E-state index in [9.17, 15) is 4.79 Å². The van der Waals surface area contributed by atoms with Crippen molar-refractivity contribution in [2.45, 2.75) is 25.4 Å². The molecule has 1 aromatic heterocycles. The lowest BCUT2D eigenvalue weighted by Crippen LogP contribution is -2.54. The van der Waals surface area contributed by atoms with E-state index in [-0.39, 0.29) is 5.91 Å². The van der Waals surface area contributed by atoms with Gasteiger partial charge in [-0.1, -0.05) is 18.2 Å². The van der Waals surface area contributed by atoms with Crippen LogP contribution in [0.4, 0.5) is 0 Å². The summed E-state index contributed by atoms with van der Waals surface area (Å²) in [4.78, 5) is 14.6. The van der Waals surface area contributed by atoms with Gasteiger partial charge >= 0.3 is 0 Å². The number of aromatic amines is 1. The first-order valence-electron chi connectivity index (χ1n) is 8.16. The van der Waals surface area contributed by atoms with Gasteiger partial charge in [0.15, 0.2) is 0 Å². The molecule has 1 aromatic carbocycles. The van der Waals surface area contributed by atoms with E-state index in [4.69, 9.17) is 9.47 Å². The number of hydrogen-bond donors (Lipinski definition) is 1. The second-order valence-corrected chi connectivity index (χ2v) is 6.23. The van der Waals surface area contributed by atoms with Crippen molar-refractivity contribution in [2.75, 3.05) is 26.8 Å². The Morgan fingerprint density at radius 3 is 2.83 bits per heavy atom. The maximum absolute atomic E-state index is 12.7. The van der Waals surface area contributed by atoms with E-state index in [1.54, 1.807) is 13.3 Å². The minimum Gasteiger partial charge on any atom is -0.491 e. The summed E-state index contributed by atoms with van der Waals surface area (Å²) in [5, 5.41) is 6.76. The quantitative estimate of drug-likeness (QED) is 0.915. The molecule has 1 amide bonds. The molecule has 0 aliphatic carbocycles. The first kappa shape index (κ1) is 16.5. The van der Waals surface area contributed by atoms with Gasteiger partial charge in [0.2, 0.25) is 0 Å². The fraction of sp³-hybridized carbons (Fsp3) is 0.444. The van der Waals surface area contributed by atoms with Crippen molar-refractivity contribution in [3.05, 3.63) is 47.8 Å². The van der Waals surface area contributed by atoms with Gasteiger partial charge in [-0.3, -0.25) is 9.89 Å². The minimum atomic E-state index is -0.485. The van der Waals surface area contributed by atoms with E-state index >= 15 is 0 Å². The van der Waals surface area contributed by atoms with Crippen molar-refractivity contribution >= 4 is 5.91 Å². The Balaban J connectivity index is 1.70. The minimum absolute atomic E-state index is 0.0120. The van der Waals surface area contributed by atoms with Gasteiger partial charge in [0.25, 0.3) is 5.91 Å². The molecule has 24 heavy (non-hydrogen) atoms. The van der Waals surface area contributed by atoms with Crippen LogP contribution in [0.1, 0.15) is 28.9 Å². The number of aryl methyl sites for hydroxylation is 1. The molecule has 1 fully saturated rings. The lowest BCUT2D eigenvalue weighted by Gasteiger charge is -2.41. The van der Waals surface area contributed by atoms with Gasteiger partial charge in [0.1, 0.15) is 18.0 Å². The Kier molecular flexibility index (Phi) is 4.85. The number of H-pyrrole nitrogens is 1. The standard InChI is InChI=1S/C18H23N3O3/c1-14-16(11-19-20-14)17(22)21-10-6-9-18(12-21,23-2)13-24-15-7-4-3-5-8-15/h3-5,7-8,11H,6,9-10,12-13H2,1-2H3,(H,19,20)/t18-/m1/s1. The lowest BCUT2D eigenvalue weighted by molar-refractivity contribution is -0.0825. The monoisotopic (exact) mass is 329 g/mol. The second kappa shape index (κ2) is 7.05. The van der Waals surface area contributed by atoms with Gasteiger partial charge in [0.05, 0.1) is 18.3 Å². The van der Waals surface area contributed by atoms with Crippen LogP contribution in [-0.4, -0.2) is 53.4 Å². The van der Waals surface area contributed by atoms with E-state index in [0.717, 1.165) is 30.8 Å². The molecular weight excluding hydrogens is 306 g/mol. The molecule has 1 atom stereocenters. The Bertz CT molecular complexity index is 686. The summed E-state index contributed by atoms with van der Waals surface area (Å²) < 4.78 is 11.7. The normalized spacial score (nSPS) is 20.8. The number of benzene rings is 1. The number of aromatic nitrogens is 2. The number of amides is 1. The Hall–Kier alpha value is -2.34. The van der Waals surface area contributed by atoms with Crippen LogP contribution in [0.5, 0.6) is 5.75 Å². The van der Waals surface area contributed by atoms with Crippen LogP contribution >= 0.6 is 0 Å². The van der Waals surface area contributed by atoms with Gasteiger partial charge in [-0.05, 0) is 31.9 Å². The molecule has 1 saturated heterocycles. The lowest BCUT2D eigenvalue weighted by atomic mass is 9.92. The number of carbonyl (C=O) groups excluding carboxylic acids is 1. The molecule has 0 saturated carbocycles. The van der Waals surface area contributed by atoms with E-state index in [2.05, 4.69) is 10.2 Å². The number of carbonyl (C=O) groups is 1. The summed E-state index contributed by atoms with van der Waals surface area (Å²) in [5.41, 5.74) is 0.918. The molecular formula is C18H23N3O3. The van der Waals surface area contributed by atoms with Crippen molar-refractivity contribution in [3.63, 3.8) is 0 Å². The number of rotatable bonds is 5. The first-order valence-corrected chi connectivity index (χ1v) is 8.16. The molecule has 2 aromatic rings. The number of methoxy groups -OCH3 is 1. The summed E-state index contributed by atoms with van der Waals surface area (Å²) in [6.45, 7) is 3.51. The zero-order valence-corrected chi connectivity index (χ0v) is 14.1.